The fourth-order valence-electron chi connectivity index (χ4n) is 1.25. The zero-order valence-corrected chi connectivity index (χ0v) is 9.24. The Labute approximate surface area is 83.9 Å². The molecule has 3 nitrogen and oxygen atoms in total. The first kappa shape index (κ1) is 11.4. The van der Waals surface area contributed by atoms with E-state index in [4.69, 9.17) is 9.79 Å². The molecule has 4 heteroatoms. The van der Waals surface area contributed by atoms with Crippen LogP contribution in [-0.4, -0.2) is 9.79 Å². The zero-order valence-electron chi connectivity index (χ0n) is 8.34. The van der Waals surface area contributed by atoms with Crippen molar-refractivity contribution in [2.24, 2.45) is 0 Å². The summed E-state index contributed by atoms with van der Waals surface area (Å²) < 4.78 is 10.7. The van der Waals surface area contributed by atoms with E-state index in [-0.39, 0.29) is 6.16 Å². The van der Waals surface area contributed by atoms with Crippen LogP contribution in [0.15, 0.2) is 24.3 Å². The molecule has 14 heavy (non-hydrogen) atoms. The summed E-state index contributed by atoms with van der Waals surface area (Å²) in [6.45, 7) is 4.16. The Kier molecular flexibility index (Phi) is 3.48. The van der Waals surface area contributed by atoms with Crippen molar-refractivity contribution in [1.82, 2.24) is 0 Å². The molecule has 0 amide bonds. The normalized spacial score (nSPS) is 12.1. The van der Waals surface area contributed by atoms with Crippen molar-refractivity contribution in [3.05, 3.63) is 35.4 Å². The third kappa shape index (κ3) is 3.62. The van der Waals surface area contributed by atoms with Crippen molar-refractivity contribution >= 4 is 7.60 Å². The van der Waals surface area contributed by atoms with Gasteiger partial charge in [-0.1, -0.05) is 38.1 Å². The van der Waals surface area contributed by atoms with E-state index in [0.29, 0.717) is 11.5 Å². The highest BCUT2D eigenvalue weighted by Crippen LogP contribution is 2.39. The van der Waals surface area contributed by atoms with Crippen molar-refractivity contribution in [2.75, 3.05) is 0 Å². The molecular formula is C10H15O3P. The van der Waals surface area contributed by atoms with Gasteiger partial charge in [0.1, 0.15) is 0 Å². The van der Waals surface area contributed by atoms with Crippen LogP contribution in [0.1, 0.15) is 30.9 Å². The third-order valence-corrected chi connectivity index (χ3v) is 2.81. The minimum atomic E-state index is -3.93. The Bertz CT molecular complexity index is 337. The van der Waals surface area contributed by atoms with E-state index in [9.17, 15) is 4.57 Å². The number of hydrogen-bond donors (Lipinski definition) is 2. The van der Waals surface area contributed by atoms with Crippen LogP contribution in [0.25, 0.3) is 0 Å². The minimum absolute atomic E-state index is 0.175. The predicted molar refractivity (Wildman–Crippen MR) is 56.3 cm³/mol. The molecule has 0 radical (unpaired) electrons. The molecule has 0 unspecified atom stereocenters. The van der Waals surface area contributed by atoms with Gasteiger partial charge in [0, 0.05) is 0 Å². The van der Waals surface area contributed by atoms with Crippen LogP contribution >= 0.6 is 7.60 Å². The fraction of sp³-hybridized carbons (Fsp3) is 0.400. The lowest BCUT2D eigenvalue weighted by Crippen LogP contribution is -1.90. The van der Waals surface area contributed by atoms with Gasteiger partial charge >= 0.3 is 7.60 Å². The average Bonchev–Trinajstić information content (AvgIpc) is 2.02. The molecule has 0 bridgehead atoms. The number of hydrogen-bond acceptors (Lipinski definition) is 1. The van der Waals surface area contributed by atoms with E-state index < -0.39 is 7.60 Å². The third-order valence-electron chi connectivity index (χ3n) is 2.03. The van der Waals surface area contributed by atoms with Gasteiger partial charge < -0.3 is 9.79 Å². The first-order chi connectivity index (χ1) is 6.38. The van der Waals surface area contributed by atoms with Gasteiger partial charge in [0.05, 0.1) is 6.16 Å². The molecule has 1 aromatic rings. The van der Waals surface area contributed by atoms with E-state index in [1.807, 2.05) is 12.1 Å². The maximum atomic E-state index is 10.7. The number of rotatable bonds is 3. The molecule has 2 N–H and O–H groups in total. The van der Waals surface area contributed by atoms with Crippen LogP contribution in [0.2, 0.25) is 0 Å². The lowest BCUT2D eigenvalue weighted by Gasteiger charge is -2.07. The van der Waals surface area contributed by atoms with Gasteiger partial charge in [-0.2, -0.15) is 0 Å². The highest BCUT2D eigenvalue weighted by Gasteiger charge is 2.13. The SMILES string of the molecule is CC(C)c1ccc(CP(=O)(O)O)cc1. The Morgan fingerprint density at radius 1 is 1.21 bits per heavy atom. The maximum absolute atomic E-state index is 10.7. The van der Waals surface area contributed by atoms with E-state index in [2.05, 4.69) is 13.8 Å². The largest absolute Gasteiger partial charge is 0.329 e. The molecule has 0 aromatic heterocycles. The summed E-state index contributed by atoms with van der Waals surface area (Å²) in [6, 6.07) is 7.37. The first-order valence-corrected chi connectivity index (χ1v) is 6.31. The van der Waals surface area contributed by atoms with Crippen LogP contribution in [0, 0.1) is 0 Å². The summed E-state index contributed by atoms with van der Waals surface area (Å²) >= 11 is 0. The average molecular weight is 214 g/mol. The van der Waals surface area contributed by atoms with Crippen molar-refractivity contribution in [2.45, 2.75) is 25.9 Å². The monoisotopic (exact) mass is 214 g/mol. The second kappa shape index (κ2) is 4.26. The Morgan fingerprint density at radius 2 is 1.71 bits per heavy atom. The summed E-state index contributed by atoms with van der Waals surface area (Å²) in [5.41, 5.74) is 1.86. The minimum Gasteiger partial charge on any atom is -0.324 e. The summed E-state index contributed by atoms with van der Waals surface area (Å²) in [5, 5.41) is 0. The second-order valence-corrected chi connectivity index (χ2v) is 5.36. The van der Waals surface area contributed by atoms with Crippen LogP contribution in [0.3, 0.4) is 0 Å². The van der Waals surface area contributed by atoms with Gasteiger partial charge in [-0.15, -0.1) is 0 Å². The molecule has 1 rings (SSSR count). The van der Waals surface area contributed by atoms with Gasteiger partial charge in [0.15, 0.2) is 0 Å². The smallest absolute Gasteiger partial charge is 0.324 e. The van der Waals surface area contributed by atoms with Gasteiger partial charge in [-0.25, -0.2) is 0 Å². The lowest BCUT2D eigenvalue weighted by molar-refractivity contribution is 0.371. The molecule has 0 aliphatic carbocycles. The molecule has 0 aliphatic rings. The molecule has 0 atom stereocenters. The molecule has 78 valence electrons. The Balaban J connectivity index is 2.79. The van der Waals surface area contributed by atoms with Crippen LogP contribution in [0.5, 0.6) is 0 Å². The summed E-state index contributed by atoms with van der Waals surface area (Å²) in [7, 11) is -3.93. The molecule has 0 fully saturated rings. The van der Waals surface area contributed by atoms with Crippen molar-refractivity contribution in [3.8, 4) is 0 Å². The van der Waals surface area contributed by atoms with Gasteiger partial charge in [-0.3, -0.25) is 4.57 Å². The molecule has 0 heterocycles. The molecule has 0 saturated carbocycles. The van der Waals surface area contributed by atoms with E-state index in [0.717, 1.165) is 0 Å². The molecular weight excluding hydrogens is 199 g/mol. The van der Waals surface area contributed by atoms with Gasteiger partial charge in [-0.05, 0) is 17.0 Å². The number of benzene rings is 1. The van der Waals surface area contributed by atoms with Gasteiger partial charge in [0.2, 0.25) is 0 Å². The van der Waals surface area contributed by atoms with E-state index in [1.165, 1.54) is 5.56 Å². The standard InChI is InChI=1S/C10H15O3P/c1-8(2)10-5-3-9(4-6-10)7-14(11,12)13/h3-6,8H,7H2,1-2H3,(H2,11,12,13). The van der Waals surface area contributed by atoms with Crippen LogP contribution in [0.4, 0.5) is 0 Å². The highest BCUT2D eigenvalue weighted by molar-refractivity contribution is 7.50. The lowest BCUT2D eigenvalue weighted by atomic mass is 10.0. The molecule has 0 spiro atoms. The quantitative estimate of drug-likeness (QED) is 0.760. The summed E-state index contributed by atoms with van der Waals surface area (Å²) in [6.07, 6.45) is -0.175. The highest BCUT2D eigenvalue weighted by atomic mass is 31.2. The summed E-state index contributed by atoms with van der Waals surface area (Å²) in [5.74, 6) is 0.444. The van der Waals surface area contributed by atoms with Gasteiger partial charge in [0.25, 0.3) is 0 Å². The summed E-state index contributed by atoms with van der Waals surface area (Å²) in [4.78, 5) is 17.5. The zero-order chi connectivity index (χ0) is 10.8. The fourth-order valence-corrected chi connectivity index (χ4v) is 1.93. The van der Waals surface area contributed by atoms with Crippen molar-refractivity contribution < 1.29 is 14.4 Å². The van der Waals surface area contributed by atoms with Crippen LogP contribution < -0.4 is 0 Å². The van der Waals surface area contributed by atoms with Crippen molar-refractivity contribution in [3.63, 3.8) is 0 Å². The Hall–Kier alpha value is -0.630. The van der Waals surface area contributed by atoms with E-state index >= 15 is 0 Å². The molecule has 1 aromatic carbocycles. The maximum Gasteiger partial charge on any atom is 0.329 e. The van der Waals surface area contributed by atoms with E-state index in [1.54, 1.807) is 12.1 Å². The van der Waals surface area contributed by atoms with Crippen molar-refractivity contribution in [1.29, 1.82) is 0 Å². The Morgan fingerprint density at radius 3 is 2.07 bits per heavy atom. The van der Waals surface area contributed by atoms with Crippen LogP contribution in [-0.2, 0) is 10.7 Å². The second-order valence-electron chi connectivity index (χ2n) is 3.72. The molecule has 0 aliphatic heterocycles. The first-order valence-electron chi connectivity index (χ1n) is 4.52. The predicted octanol–water partition coefficient (Wildman–Crippen LogP) is 2.49. The molecule has 0 saturated heterocycles. The topological polar surface area (TPSA) is 57.5 Å².